The van der Waals surface area contributed by atoms with Crippen LogP contribution in [0.5, 0.6) is 0 Å². The number of nitrogen functional groups attached to an aromatic ring is 1. The number of anilines is 2. The Bertz CT molecular complexity index is 432. The second-order valence-corrected chi connectivity index (χ2v) is 5.44. The van der Waals surface area contributed by atoms with Crippen molar-refractivity contribution in [3.8, 4) is 0 Å². The van der Waals surface area contributed by atoms with Gasteiger partial charge < -0.3 is 15.1 Å². The lowest BCUT2D eigenvalue weighted by Gasteiger charge is -2.26. The Hall–Kier alpha value is -1.40. The van der Waals surface area contributed by atoms with Gasteiger partial charge in [-0.3, -0.25) is 0 Å². The average molecular weight is 279 g/mol. The van der Waals surface area contributed by atoms with Crippen LogP contribution >= 0.6 is 0 Å². The molecule has 1 atom stereocenters. The molecule has 2 rings (SSSR count). The summed E-state index contributed by atoms with van der Waals surface area (Å²) < 4.78 is 5.72. The van der Waals surface area contributed by atoms with Crippen LogP contribution in [0.2, 0.25) is 0 Å². The summed E-state index contributed by atoms with van der Waals surface area (Å²) in [5, 5.41) is 0. The van der Waals surface area contributed by atoms with Crippen LogP contribution in [0.4, 0.5) is 11.6 Å². The zero-order chi connectivity index (χ0) is 14.5. The Morgan fingerprint density at radius 2 is 2.30 bits per heavy atom. The van der Waals surface area contributed by atoms with Gasteiger partial charge in [-0.2, -0.15) is 0 Å². The summed E-state index contributed by atoms with van der Waals surface area (Å²) in [6.07, 6.45) is 2.58. The third-order valence-electron chi connectivity index (χ3n) is 3.55. The zero-order valence-electron chi connectivity index (χ0n) is 12.6. The molecule has 1 saturated heterocycles. The summed E-state index contributed by atoms with van der Waals surface area (Å²) in [6, 6.07) is 1.89. The molecule has 1 unspecified atom stereocenters. The molecule has 0 aliphatic carbocycles. The molecule has 1 fully saturated rings. The van der Waals surface area contributed by atoms with Gasteiger partial charge in [0.2, 0.25) is 0 Å². The van der Waals surface area contributed by atoms with Gasteiger partial charge in [0.1, 0.15) is 17.5 Å². The van der Waals surface area contributed by atoms with Crippen LogP contribution in [0, 0.1) is 0 Å². The van der Waals surface area contributed by atoms with Gasteiger partial charge in [-0.1, -0.05) is 13.8 Å². The average Bonchev–Trinajstić information content (AvgIpc) is 2.97. The molecule has 1 aromatic heterocycles. The molecule has 6 heteroatoms. The minimum atomic E-state index is 0.267. The van der Waals surface area contributed by atoms with Crippen LogP contribution < -0.4 is 16.2 Å². The standard InChI is InChI=1S/C14H25N5O/c1-4-19(9-11-6-5-7-20-11)13-8-12(18-15)16-14(17-13)10(2)3/h8,10-11H,4-7,9,15H2,1-3H3,(H,16,17,18). The van der Waals surface area contributed by atoms with Crippen LogP contribution in [0.25, 0.3) is 0 Å². The van der Waals surface area contributed by atoms with Crippen LogP contribution in [-0.4, -0.2) is 35.8 Å². The Morgan fingerprint density at radius 3 is 2.85 bits per heavy atom. The largest absolute Gasteiger partial charge is 0.376 e. The Kier molecular flexibility index (Phi) is 5.14. The number of hydrogen-bond donors (Lipinski definition) is 2. The number of likely N-dealkylation sites (N-methyl/N-ethyl adjacent to an activating group) is 1. The van der Waals surface area contributed by atoms with E-state index in [1.54, 1.807) is 0 Å². The molecule has 112 valence electrons. The van der Waals surface area contributed by atoms with Gasteiger partial charge >= 0.3 is 0 Å². The molecule has 0 spiro atoms. The normalized spacial score (nSPS) is 18.6. The summed E-state index contributed by atoms with van der Waals surface area (Å²) in [4.78, 5) is 11.3. The van der Waals surface area contributed by atoms with E-state index in [1.165, 1.54) is 0 Å². The van der Waals surface area contributed by atoms with Gasteiger partial charge in [0, 0.05) is 31.7 Å². The highest BCUT2D eigenvalue weighted by molar-refractivity contribution is 5.49. The van der Waals surface area contributed by atoms with Crippen LogP contribution in [-0.2, 0) is 4.74 Å². The number of hydrazine groups is 1. The maximum Gasteiger partial charge on any atom is 0.145 e. The number of hydrogen-bond acceptors (Lipinski definition) is 6. The van der Waals surface area contributed by atoms with Crippen molar-refractivity contribution in [3.05, 3.63) is 11.9 Å². The second kappa shape index (κ2) is 6.85. The molecule has 3 N–H and O–H groups in total. The molecule has 0 radical (unpaired) electrons. The van der Waals surface area contributed by atoms with Gasteiger partial charge in [0.25, 0.3) is 0 Å². The number of nitrogens with two attached hydrogens (primary N) is 1. The maximum absolute atomic E-state index is 5.72. The minimum absolute atomic E-state index is 0.267. The third-order valence-corrected chi connectivity index (χ3v) is 3.55. The van der Waals surface area contributed by atoms with Crippen LogP contribution in [0.15, 0.2) is 6.07 Å². The lowest BCUT2D eigenvalue weighted by molar-refractivity contribution is 0.115. The van der Waals surface area contributed by atoms with E-state index >= 15 is 0 Å². The number of rotatable bonds is 6. The lowest BCUT2D eigenvalue weighted by atomic mass is 10.2. The van der Waals surface area contributed by atoms with E-state index in [4.69, 9.17) is 10.6 Å². The van der Waals surface area contributed by atoms with Crippen molar-refractivity contribution in [3.63, 3.8) is 0 Å². The molecule has 20 heavy (non-hydrogen) atoms. The van der Waals surface area contributed by atoms with E-state index in [0.717, 1.165) is 44.2 Å². The third kappa shape index (κ3) is 3.58. The summed E-state index contributed by atoms with van der Waals surface area (Å²) in [5.41, 5.74) is 2.63. The molecule has 1 aliphatic rings. The molecule has 6 nitrogen and oxygen atoms in total. The SMILES string of the molecule is CCN(CC1CCCO1)c1cc(NN)nc(C(C)C)n1. The monoisotopic (exact) mass is 279 g/mol. The molecule has 0 aromatic carbocycles. The first-order valence-electron chi connectivity index (χ1n) is 7.36. The summed E-state index contributed by atoms with van der Waals surface area (Å²) in [5.74, 6) is 8.15. The molecule has 1 aromatic rings. The molecule has 1 aliphatic heterocycles. The van der Waals surface area contributed by atoms with E-state index in [2.05, 4.69) is 41.1 Å². The van der Waals surface area contributed by atoms with Crippen LogP contribution in [0.1, 0.15) is 45.4 Å². The van der Waals surface area contributed by atoms with Crippen molar-refractivity contribution in [2.45, 2.75) is 45.6 Å². The van der Waals surface area contributed by atoms with Crippen LogP contribution in [0.3, 0.4) is 0 Å². The molecule has 0 amide bonds. The highest BCUT2D eigenvalue weighted by Gasteiger charge is 2.20. The van der Waals surface area contributed by atoms with Crippen molar-refractivity contribution >= 4 is 11.6 Å². The minimum Gasteiger partial charge on any atom is -0.376 e. The van der Waals surface area contributed by atoms with Crippen molar-refractivity contribution < 1.29 is 4.74 Å². The molecule has 2 heterocycles. The Balaban J connectivity index is 2.20. The fourth-order valence-corrected chi connectivity index (χ4v) is 2.37. The van der Waals surface area contributed by atoms with Crippen molar-refractivity contribution in [2.75, 3.05) is 30.0 Å². The first-order valence-corrected chi connectivity index (χ1v) is 7.36. The molecule has 0 saturated carbocycles. The number of nitrogens with one attached hydrogen (secondary N) is 1. The first kappa shape index (κ1) is 15.0. The van der Waals surface area contributed by atoms with E-state index in [1.807, 2.05) is 6.07 Å². The van der Waals surface area contributed by atoms with Gasteiger partial charge in [0.05, 0.1) is 6.10 Å². The van der Waals surface area contributed by atoms with Gasteiger partial charge in [-0.05, 0) is 19.8 Å². The predicted molar refractivity (Wildman–Crippen MR) is 80.8 cm³/mol. The Labute approximate surface area is 120 Å². The molecular weight excluding hydrogens is 254 g/mol. The highest BCUT2D eigenvalue weighted by Crippen LogP contribution is 2.22. The maximum atomic E-state index is 5.72. The summed E-state index contributed by atoms with van der Waals surface area (Å²) in [6.45, 7) is 8.92. The number of nitrogens with zero attached hydrogens (tertiary/aromatic N) is 3. The zero-order valence-corrected chi connectivity index (χ0v) is 12.6. The van der Waals surface area contributed by atoms with Crippen molar-refractivity contribution in [1.29, 1.82) is 0 Å². The van der Waals surface area contributed by atoms with E-state index in [-0.39, 0.29) is 5.92 Å². The fraction of sp³-hybridized carbons (Fsp3) is 0.714. The molecule has 0 bridgehead atoms. The lowest BCUT2D eigenvalue weighted by Crippen LogP contribution is -2.33. The fourth-order valence-electron chi connectivity index (χ4n) is 2.37. The van der Waals surface area contributed by atoms with E-state index in [9.17, 15) is 0 Å². The Morgan fingerprint density at radius 1 is 1.50 bits per heavy atom. The second-order valence-electron chi connectivity index (χ2n) is 5.44. The number of aromatic nitrogens is 2. The number of ether oxygens (including phenoxy) is 1. The van der Waals surface area contributed by atoms with Gasteiger partial charge in [-0.15, -0.1) is 0 Å². The highest BCUT2D eigenvalue weighted by atomic mass is 16.5. The quantitative estimate of drug-likeness (QED) is 0.612. The van der Waals surface area contributed by atoms with Gasteiger partial charge in [-0.25, -0.2) is 15.8 Å². The summed E-state index contributed by atoms with van der Waals surface area (Å²) >= 11 is 0. The first-order chi connectivity index (χ1) is 9.63. The summed E-state index contributed by atoms with van der Waals surface area (Å²) in [7, 11) is 0. The van der Waals surface area contributed by atoms with Crippen molar-refractivity contribution in [1.82, 2.24) is 9.97 Å². The van der Waals surface area contributed by atoms with E-state index in [0.29, 0.717) is 11.9 Å². The van der Waals surface area contributed by atoms with E-state index < -0.39 is 0 Å². The molecular formula is C14H25N5O. The topological polar surface area (TPSA) is 76.3 Å². The van der Waals surface area contributed by atoms with Crippen molar-refractivity contribution in [2.24, 2.45) is 5.84 Å². The predicted octanol–water partition coefficient (Wildman–Crippen LogP) is 1.89. The van der Waals surface area contributed by atoms with Gasteiger partial charge in [0.15, 0.2) is 0 Å². The smallest absolute Gasteiger partial charge is 0.145 e.